The van der Waals surface area contributed by atoms with Crippen LogP contribution < -0.4 is 10.2 Å². The van der Waals surface area contributed by atoms with Crippen LogP contribution in [0.2, 0.25) is 5.02 Å². The smallest absolute Gasteiger partial charge is 0.134 e. The Balaban J connectivity index is 1.48. The van der Waals surface area contributed by atoms with Gasteiger partial charge >= 0.3 is 0 Å². The summed E-state index contributed by atoms with van der Waals surface area (Å²) >= 11 is 6.25. The van der Waals surface area contributed by atoms with E-state index in [1.54, 1.807) is 6.33 Å². The quantitative estimate of drug-likeness (QED) is 0.794. The molecule has 1 unspecified atom stereocenters. The molecule has 28 heavy (non-hydrogen) atoms. The van der Waals surface area contributed by atoms with Crippen LogP contribution in [0.5, 0.6) is 0 Å². The molecule has 1 aromatic carbocycles. The molecule has 2 fully saturated rings. The van der Waals surface area contributed by atoms with Gasteiger partial charge in [-0.05, 0) is 17.7 Å². The van der Waals surface area contributed by atoms with E-state index in [1.807, 2.05) is 24.3 Å². The predicted octanol–water partition coefficient (Wildman–Crippen LogP) is 2.45. The lowest BCUT2D eigenvalue weighted by atomic mass is 10.0. The van der Waals surface area contributed by atoms with Crippen molar-refractivity contribution < 1.29 is 9.47 Å². The molecule has 0 bridgehead atoms. The Labute approximate surface area is 170 Å². The topological polar surface area (TPSA) is 62.8 Å². The number of ether oxygens (including phenoxy) is 2. The molecule has 2 aliphatic heterocycles. The zero-order valence-electron chi connectivity index (χ0n) is 15.9. The molecule has 0 saturated carbocycles. The van der Waals surface area contributed by atoms with Crippen molar-refractivity contribution in [3.8, 4) is 0 Å². The highest BCUT2D eigenvalue weighted by Gasteiger charge is 2.23. The van der Waals surface area contributed by atoms with Crippen LogP contribution in [0.3, 0.4) is 0 Å². The van der Waals surface area contributed by atoms with Gasteiger partial charge in [-0.15, -0.1) is 0 Å². The SMILES string of the molecule is Clc1cccc(C(CNc2cc(N3CCOCC3)ncn2)N2CCOCC2)c1. The number of benzene rings is 1. The molecule has 0 aliphatic carbocycles. The first-order valence-corrected chi connectivity index (χ1v) is 10.1. The van der Waals surface area contributed by atoms with Gasteiger partial charge in [-0.3, -0.25) is 4.90 Å². The maximum atomic E-state index is 6.25. The Morgan fingerprint density at radius 1 is 1.00 bits per heavy atom. The van der Waals surface area contributed by atoms with Crippen LogP contribution in [-0.4, -0.2) is 74.0 Å². The zero-order valence-corrected chi connectivity index (χ0v) is 16.6. The zero-order chi connectivity index (χ0) is 19.2. The van der Waals surface area contributed by atoms with Crippen molar-refractivity contribution in [3.63, 3.8) is 0 Å². The fourth-order valence-electron chi connectivity index (χ4n) is 3.67. The van der Waals surface area contributed by atoms with Gasteiger partial charge in [0.25, 0.3) is 0 Å². The summed E-state index contributed by atoms with van der Waals surface area (Å²) in [6, 6.07) is 10.3. The van der Waals surface area contributed by atoms with Crippen LogP contribution in [0.4, 0.5) is 11.6 Å². The minimum Gasteiger partial charge on any atom is -0.379 e. The number of hydrogen-bond donors (Lipinski definition) is 1. The van der Waals surface area contributed by atoms with Gasteiger partial charge in [-0.1, -0.05) is 23.7 Å². The molecule has 8 heteroatoms. The Morgan fingerprint density at radius 2 is 1.75 bits per heavy atom. The van der Waals surface area contributed by atoms with E-state index in [-0.39, 0.29) is 6.04 Å². The number of aromatic nitrogens is 2. The van der Waals surface area contributed by atoms with Gasteiger partial charge in [0.2, 0.25) is 0 Å². The minimum absolute atomic E-state index is 0.199. The number of halogens is 1. The predicted molar refractivity (Wildman–Crippen MR) is 110 cm³/mol. The molecule has 0 amide bonds. The maximum absolute atomic E-state index is 6.25. The number of nitrogens with one attached hydrogen (secondary N) is 1. The van der Waals surface area contributed by atoms with Crippen molar-refractivity contribution in [3.05, 3.63) is 47.2 Å². The van der Waals surface area contributed by atoms with Crippen LogP contribution >= 0.6 is 11.6 Å². The monoisotopic (exact) mass is 403 g/mol. The summed E-state index contributed by atoms with van der Waals surface area (Å²) in [7, 11) is 0. The summed E-state index contributed by atoms with van der Waals surface area (Å²) in [6.45, 7) is 7.24. The number of nitrogens with zero attached hydrogens (tertiary/aromatic N) is 4. The van der Waals surface area contributed by atoms with Crippen molar-refractivity contribution in [1.82, 2.24) is 14.9 Å². The number of morpholine rings is 2. The molecular weight excluding hydrogens is 378 g/mol. The van der Waals surface area contributed by atoms with Gasteiger partial charge in [0, 0.05) is 43.8 Å². The Hall–Kier alpha value is -1.93. The molecule has 1 aromatic heterocycles. The lowest BCUT2D eigenvalue weighted by Crippen LogP contribution is -2.41. The average molecular weight is 404 g/mol. The van der Waals surface area contributed by atoms with Crippen LogP contribution in [0, 0.1) is 0 Å². The molecule has 2 aliphatic rings. The van der Waals surface area contributed by atoms with E-state index in [0.717, 1.165) is 75.8 Å². The van der Waals surface area contributed by atoms with Gasteiger partial charge in [0.15, 0.2) is 0 Å². The van der Waals surface area contributed by atoms with E-state index in [0.29, 0.717) is 0 Å². The molecule has 7 nitrogen and oxygen atoms in total. The first-order valence-electron chi connectivity index (χ1n) is 9.75. The van der Waals surface area contributed by atoms with E-state index in [1.165, 1.54) is 5.56 Å². The molecule has 0 spiro atoms. The molecular formula is C20H26ClN5O2. The van der Waals surface area contributed by atoms with E-state index < -0.39 is 0 Å². The van der Waals surface area contributed by atoms with Crippen molar-refractivity contribution in [2.45, 2.75) is 6.04 Å². The Bertz CT molecular complexity index is 766. The normalized spacial score (nSPS) is 19.4. The molecule has 2 saturated heterocycles. The highest BCUT2D eigenvalue weighted by molar-refractivity contribution is 6.30. The summed E-state index contributed by atoms with van der Waals surface area (Å²) in [5.41, 5.74) is 1.20. The fraction of sp³-hybridized carbons (Fsp3) is 0.500. The van der Waals surface area contributed by atoms with Crippen LogP contribution in [0.25, 0.3) is 0 Å². The molecule has 4 rings (SSSR count). The third kappa shape index (κ3) is 4.91. The highest BCUT2D eigenvalue weighted by atomic mass is 35.5. The van der Waals surface area contributed by atoms with Crippen LogP contribution in [0.15, 0.2) is 36.7 Å². The molecule has 2 aromatic rings. The fourth-order valence-corrected chi connectivity index (χ4v) is 3.87. The van der Waals surface area contributed by atoms with E-state index in [9.17, 15) is 0 Å². The summed E-state index contributed by atoms with van der Waals surface area (Å²) in [5.74, 6) is 1.77. The van der Waals surface area contributed by atoms with Crippen LogP contribution in [0.1, 0.15) is 11.6 Å². The third-order valence-corrected chi connectivity index (χ3v) is 5.42. The molecule has 1 atom stereocenters. The number of rotatable bonds is 6. The lowest BCUT2D eigenvalue weighted by Gasteiger charge is -2.35. The van der Waals surface area contributed by atoms with Gasteiger partial charge in [-0.2, -0.15) is 0 Å². The van der Waals surface area contributed by atoms with Gasteiger partial charge < -0.3 is 19.7 Å². The summed E-state index contributed by atoms with van der Waals surface area (Å²) in [5, 5.41) is 4.26. The molecule has 150 valence electrons. The molecule has 3 heterocycles. The van der Waals surface area contributed by atoms with Crippen molar-refractivity contribution in [1.29, 1.82) is 0 Å². The maximum Gasteiger partial charge on any atom is 0.134 e. The minimum atomic E-state index is 0.199. The highest BCUT2D eigenvalue weighted by Crippen LogP contribution is 2.25. The van der Waals surface area contributed by atoms with Crippen molar-refractivity contribution in [2.75, 3.05) is 69.4 Å². The Morgan fingerprint density at radius 3 is 2.50 bits per heavy atom. The third-order valence-electron chi connectivity index (χ3n) is 5.18. The standard InChI is InChI=1S/C20H26ClN5O2/c21-17-3-1-2-16(12-17)18(25-4-8-27-9-5-25)14-22-19-13-20(24-15-23-19)26-6-10-28-11-7-26/h1-3,12-13,15,18H,4-11,14H2,(H,22,23,24). The summed E-state index contributed by atoms with van der Waals surface area (Å²) in [4.78, 5) is 13.5. The average Bonchev–Trinajstić information content (AvgIpc) is 2.76. The lowest BCUT2D eigenvalue weighted by molar-refractivity contribution is 0.0187. The first-order chi connectivity index (χ1) is 13.8. The molecule has 1 N–H and O–H groups in total. The molecule has 0 radical (unpaired) electrons. The van der Waals surface area contributed by atoms with E-state index in [4.69, 9.17) is 21.1 Å². The second-order valence-electron chi connectivity index (χ2n) is 6.96. The largest absolute Gasteiger partial charge is 0.379 e. The van der Waals surface area contributed by atoms with E-state index >= 15 is 0 Å². The first kappa shape index (κ1) is 19.4. The van der Waals surface area contributed by atoms with E-state index in [2.05, 4.69) is 31.2 Å². The second-order valence-corrected chi connectivity index (χ2v) is 7.40. The van der Waals surface area contributed by atoms with Crippen molar-refractivity contribution >= 4 is 23.2 Å². The number of hydrogen-bond acceptors (Lipinski definition) is 7. The van der Waals surface area contributed by atoms with Crippen LogP contribution in [-0.2, 0) is 9.47 Å². The summed E-state index contributed by atoms with van der Waals surface area (Å²) < 4.78 is 11.0. The van der Waals surface area contributed by atoms with Crippen molar-refractivity contribution in [2.24, 2.45) is 0 Å². The Kier molecular flexibility index (Phi) is 6.59. The number of anilines is 2. The van der Waals surface area contributed by atoms with Gasteiger partial charge in [0.05, 0.1) is 32.5 Å². The summed E-state index contributed by atoms with van der Waals surface area (Å²) in [6.07, 6.45) is 1.62. The second kappa shape index (κ2) is 9.52. The van der Waals surface area contributed by atoms with Gasteiger partial charge in [-0.25, -0.2) is 9.97 Å². The van der Waals surface area contributed by atoms with Gasteiger partial charge in [0.1, 0.15) is 18.0 Å².